The lowest BCUT2D eigenvalue weighted by atomic mass is 10.2. The minimum Gasteiger partial charge on any atom is -0.493 e. The number of fused-ring (bicyclic) bond motifs is 1. The molecule has 1 amide bonds. The molecular weight excluding hydrogens is 438 g/mol. The topological polar surface area (TPSA) is 121 Å². The number of hydrogen-bond donors (Lipinski definition) is 0. The highest BCUT2D eigenvalue weighted by Crippen LogP contribution is 2.41. The number of methoxy groups -OCH3 is 3. The lowest BCUT2D eigenvalue weighted by Crippen LogP contribution is -2.34. The van der Waals surface area contributed by atoms with E-state index in [1.807, 2.05) is 12.1 Å². The van der Waals surface area contributed by atoms with Crippen molar-refractivity contribution in [3.8, 4) is 28.7 Å². The molecule has 1 aliphatic heterocycles. The number of aromatic nitrogens is 2. The molecule has 0 fully saturated rings. The fraction of sp³-hybridized carbons (Fsp3) is 0.286. The number of rotatable bonds is 7. The molecule has 168 valence electrons. The van der Waals surface area contributed by atoms with Crippen LogP contribution >= 0.6 is 0 Å². The maximum Gasteiger partial charge on any atom is 0.336 e. The van der Waals surface area contributed by atoms with E-state index >= 15 is 0 Å². The summed E-state index contributed by atoms with van der Waals surface area (Å²) in [4.78, 5) is 14.2. The first-order valence-electron chi connectivity index (χ1n) is 9.63. The molecule has 0 N–H and O–H groups in total. The van der Waals surface area contributed by atoms with Crippen molar-refractivity contribution in [2.75, 3.05) is 38.5 Å². The molecule has 3 aromatic rings. The molecule has 0 aliphatic carbocycles. The van der Waals surface area contributed by atoms with Gasteiger partial charge in [-0.1, -0.05) is 23.3 Å². The molecule has 10 nitrogen and oxygen atoms in total. The number of ether oxygens (including phenoxy) is 3. The standard InChI is InChI=1S/C21H21N3O7S/c1-28-16-10-14(11-17(29-2)19(16)30-3)20-22-23-21(31-20)32(26,27)12-18(25)24-9-8-13-6-4-5-7-15(13)24/h4-7,10-11H,8-9,12H2,1-3H3. The van der Waals surface area contributed by atoms with E-state index in [1.165, 1.54) is 26.2 Å². The van der Waals surface area contributed by atoms with E-state index in [1.54, 1.807) is 24.3 Å². The third-order valence-corrected chi connectivity index (χ3v) is 6.41. The third kappa shape index (κ3) is 3.86. The van der Waals surface area contributed by atoms with Gasteiger partial charge in [0.05, 0.1) is 21.3 Å². The van der Waals surface area contributed by atoms with Crippen LogP contribution in [0.3, 0.4) is 0 Å². The van der Waals surface area contributed by atoms with Crippen LogP contribution in [0.4, 0.5) is 5.69 Å². The lowest BCUT2D eigenvalue weighted by Gasteiger charge is -2.16. The number of amides is 1. The van der Waals surface area contributed by atoms with Crippen LogP contribution in [0.5, 0.6) is 17.2 Å². The Labute approximate surface area is 184 Å². The van der Waals surface area contributed by atoms with Gasteiger partial charge in [-0.25, -0.2) is 8.42 Å². The first-order chi connectivity index (χ1) is 15.4. The van der Waals surface area contributed by atoms with E-state index < -0.39 is 26.7 Å². The molecule has 11 heteroatoms. The average molecular weight is 459 g/mol. The Balaban J connectivity index is 1.59. The first kappa shape index (κ1) is 21.6. The second-order valence-corrected chi connectivity index (χ2v) is 8.84. The zero-order chi connectivity index (χ0) is 22.9. The summed E-state index contributed by atoms with van der Waals surface area (Å²) in [7, 11) is 0.219. The van der Waals surface area contributed by atoms with Gasteiger partial charge in [0.1, 0.15) is 5.75 Å². The molecule has 0 radical (unpaired) electrons. The zero-order valence-corrected chi connectivity index (χ0v) is 18.5. The molecule has 0 unspecified atom stereocenters. The van der Waals surface area contributed by atoms with Gasteiger partial charge < -0.3 is 23.5 Å². The molecule has 0 bridgehead atoms. The highest BCUT2D eigenvalue weighted by atomic mass is 32.2. The summed E-state index contributed by atoms with van der Waals surface area (Å²) in [6, 6.07) is 10.5. The number of anilines is 1. The molecule has 0 atom stereocenters. The zero-order valence-electron chi connectivity index (χ0n) is 17.7. The summed E-state index contributed by atoms with van der Waals surface area (Å²) in [5, 5.41) is 6.84. The summed E-state index contributed by atoms with van der Waals surface area (Å²) < 4.78 is 46.8. The average Bonchev–Trinajstić information content (AvgIpc) is 3.46. The van der Waals surface area contributed by atoms with Crippen LogP contribution in [0, 0.1) is 0 Å². The van der Waals surface area contributed by atoms with Crippen molar-refractivity contribution in [2.24, 2.45) is 0 Å². The Bertz CT molecular complexity index is 1240. The van der Waals surface area contributed by atoms with E-state index in [9.17, 15) is 13.2 Å². The summed E-state index contributed by atoms with van der Waals surface area (Å²) >= 11 is 0. The van der Waals surface area contributed by atoms with Gasteiger partial charge in [0.2, 0.25) is 27.4 Å². The van der Waals surface area contributed by atoms with E-state index in [-0.39, 0.29) is 5.89 Å². The van der Waals surface area contributed by atoms with Gasteiger partial charge in [0.25, 0.3) is 0 Å². The summed E-state index contributed by atoms with van der Waals surface area (Å²) in [5.41, 5.74) is 2.09. The summed E-state index contributed by atoms with van der Waals surface area (Å²) in [6.45, 7) is 0.425. The van der Waals surface area contributed by atoms with Gasteiger partial charge in [-0.15, -0.1) is 5.10 Å². The molecule has 2 heterocycles. The van der Waals surface area contributed by atoms with Crippen LogP contribution in [0.1, 0.15) is 5.56 Å². The maximum atomic E-state index is 12.8. The Morgan fingerprint density at radius 2 is 1.75 bits per heavy atom. The van der Waals surface area contributed by atoms with Gasteiger partial charge in [-0.2, -0.15) is 0 Å². The van der Waals surface area contributed by atoms with Crippen LogP contribution < -0.4 is 19.1 Å². The number of benzene rings is 2. The minimum absolute atomic E-state index is 0.0678. The fourth-order valence-corrected chi connectivity index (χ4v) is 4.53. The van der Waals surface area contributed by atoms with E-state index in [2.05, 4.69) is 10.2 Å². The quantitative estimate of drug-likeness (QED) is 0.523. The molecule has 0 spiro atoms. The van der Waals surface area contributed by atoms with Gasteiger partial charge in [0, 0.05) is 17.8 Å². The summed E-state index contributed by atoms with van der Waals surface area (Å²) in [5.74, 6) is -0.357. The van der Waals surface area contributed by atoms with E-state index in [4.69, 9.17) is 18.6 Å². The first-order valence-corrected chi connectivity index (χ1v) is 11.3. The minimum atomic E-state index is -4.15. The van der Waals surface area contributed by atoms with Crippen molar-refractivity contribution in [1.82, 2.24) is 10.2 Å². The Morgan fingerprint density at radius 1 is 1.06 bits per heavy atom. The van der Waals surface area contributed by atoms with Gasteiger partial charge in [0.15, 0.2) is 11.5 Å². The number of hydrogen-bond acceptors (Lipinski definition) is 9. The van der Waals surface area contributed by atoms with Crippen LogP contribution in [0.25, 0.3) is 11.5 Å². The monoisotopic (exact) mass is 459 g/mol. The highest BCUT2D eigenvalue weighted by Gasteiger charge is 2.32. The van der Waals surface area contributed by atoms with E-state index in [0.717, 1.165) is 11.3 Å². The predicted molar refractivity (Wildman–Crippen MR) is 114 cm³/mol. The van der Waals surface area contributed by atoms with Gasteiger partial charge >= 0.3 is 5.22 Å². The second kappa shape index (κ2) is 8.50. The Hall–Kier alpha value is -3.60. The largest absolute Gasteiger partial charge is 0.493 e. The molecule has 4 rings (SSSR count). The van der Waals surface area contributed by atoms with Gasteiger partial charge in [-0.3, -0.25) is 4.79 Å². The normalized spacial score (nSPS) is 13.0. The smallest absolute Gasteiger partial charge is 0.336 e. The van der Waals surface area contributed by atoms with Crippen molar-refractivity contribution in [1.29, 1.82) is 0 Å². The molecule has 0 saturated carbocycles. The molecule has 1 aliphatic rings. The van der Waals surface area contributed by atoms with Gasteiger partial charge in [-0.05, 0) is 30.2 Å². The molecule has 1 aromatic heterocycles. The second-order valence-electron chi connectivity index (χ2n) is 6.97. The van der Waals surface area contributed by atoms with Crippen LogP contribution in [0.2, 0.25) is 0 Å². The maximum absolute atomic E-state index is 12.8. The molecule has 2 aromatic carbocycles. The number of nitrogens with zero attached hydrogens (tertiary/aromatic N) is 3. The Kier molecular flexibility index (Phi) is 5.74. The van der Waals surface area contributed by atoms with Crippen molar-refractivity contribution < 1.29 is 31.8 Å². The molecule has 32 heavy (non-hydrogen) atoms. The fourth-order valence-electron chi connectivity index (χ4n) is 3.56. The van der Waals surface area contributed by atoms with Crippen LogP contribution in [0.15, 0.2) is 46.0 Å². The van der Waals surface area contributed by atoms with Crippen molar-refractivity contribution in [2.45, 2.75) is 11.6 Å². The number of sulfone groups is 1. The van der Waals surface area contributed by atoms with Crippen molar-refractivity contribution in [3.05, 3.63) is 42.0 Å². The third-order valence-electron chi connectivity index (χ3n) is 5.09. The van der Waals surface area contributed by atoms with Crippen molar-refractivity contribution in [3.63, 3.8) is 0 Å². The predicted octanol–water partition coefficient (Wildman–Crippen LogP) is 2.13. The van der Waals surface area contributed by atoms with Crippen molar-refractivity contribution >= 4 is 21.4 Å². The number of carbonyl (C=O) groups excluding carboxylic acids is 1. The molecule has 0 saturated heterocycles. The number of para-hydroxylation sites is 1. The van der Waals surface area contributed by atoms with Crippen LogP contribution in [-0.4, -0.2) is 58.1 Å². The SMILES string of the molecule is COc1cc(-c2nnc(S(=O)(=O)CC(=O)N3CCc4ccccc43)o2)cc(OC)c1OC. The summed E-state index contributed by atoms with van der Waals surface area (Å²) in [6.07, 6.45) is 0.674. The Morgan fingerprint density at radius 3 is 2.41 bits per heavy atom. The van der Waals surface area contributed by atoms with E-state index in [0.29, 0.717) is 35.8 Å². The molecular formula is C21H21N3O7S. The van der Waals surface area contributed by atoms with Crippen LogP contribution in [-0.2, 0) is 21.1 Å². The highest BCUT2D eigenvalue weighted by molar-refractivity contribution is 7.91. The number of carbonyl (C=O) groups is 1. The lowest BCUT2D eigenvalue weighted by molar-refractivity contribution is -0.116.